The maximum Gasteiger partial charge on any atom is 0.416 e. The second-order valence-corrected chi connectivity index (χ2v) is 16.1. The molecule has 0 spiro atoms. The van der Waals surface area contributed by atoms with Gasteiger partial charge in [0.2, 0.25) is 0 Å². The fourth-order valence-corrected chi connectivity index (χ4v) is 5.91. The zero-order valence-electron chi connectivity index (χ0n) is 22.1. The highest BCUT2D eigenvalue weighted by molar-refractivity contribution is 6.88. The minimum absolute atomic E-state index is 0.140. The Labute approximate surface area is 229 Å². The third-order valence-corrected chi connectivity index (χ3v) is 9.13. The summed E-state index contributed by atoms with van der Waals surface area (Å²) >= 11 is 0. The Morgan fingerprint density at radius 2 is 0.775 bits per heavy atom. The highest BCUT2D eigenvalue weighted by atomic mass is 28.3. The van der Waals surface area contributed by atoms with Crippen LogP contribution in [0.15, 0.2) is 103 Å². The molecule has 0 aliphatic heterocycles. The van der Waals surface area contributed by atoms with E-state index in [0.29, 0.717) is 5.39 Å². The Morgan fingerprint density at radius 3 is 1.20 bits per heavy atom. The molecule has 0 saturated carbocycles. The van der Waals surface area contributed by atoms with Gasteiger partial charge in [-0.25, -0.2) is 0 Å². The molecule has 5 aromatic rings. The van der Waals surface area contributed by atoms with Crippen LogP contribution < -0.4 is 5.19 Å². The van der Waals surface area contributed by atoms with Gasteiger partial charge >= 0.3 is 12.4 Å². The van der Waals surface area contributed by atoms with Gasteiger partial charge in [0.05, 0.1) is 19.2 Å². The Morgan fingerprint density at radius 1 is 0.400 bits per heavy atom. The summed E-state index contributed by atoms with van der Waals surface area (Å²) in [5.41, 5.74) is 1.52. The van der Waals surface area contributed by atoms with Crippen molar-refractivity contribution in [3.8, 4) is 33.4 Å². The summed E-state index contributed by atoms with van der Waals surface area (Å²) in [6.45, 7) is 6.92. The van der Waals surface area contributed by atoms with Crippen molar-refractivity contribution in [3.63, 3.8) is 0 Å². The van der Waals surface area contributed by atoms with E-state index in [1.807, 2.05) is 42.5 Å². The second-order valence-electron chi connectivity index (χ2n) is 11.0. The summed E-state index contributed by atoms with van der Waals surface area (Å²) in [4.78, 5) is 0. The molecule has 5 aromatic carbocycles. The summed E-state index contributed by atoms with van der Waals surface area (Å²) in [5, 5.41) is 2.93. The standard InChI is InChI=1S/C33H26F6Si/c1-40(2,3)31-14-12-22(13-15-31)21-4-6-23(7-5-21)25-10-8-24-9-11-26(17-27(24)16-25)28-18-29(32(34,35)36)20-30(19-28)33(37,38)39/h4-20H,1-3H3. The predicted octanol–water partition coefficient (Wildman–Crippen LogP) is 10.4. The van der Waals surface area contributed by atoms with Crippen LogP contribution in [0.1, 0.15) is 11.1 Å². The van der Waals surface area contributed by atoms with Crippen LogP contribution in [0.25, 0.3) is 44.2 Å². The molecule has 0 saturated heterocycles. The average Bonchev–Trinajstić information content (AvgIpc) is 2.91. The van der Waals surface area contributed by atoms with Crippen LogP contribution in [0.2, 0.25) is 19.6 Å². The molecular weight excluding hydrogens is 538 g/mol. The van der Waals surface area contributed by atoms with Crippen LogP contribution in [0.3, 0.4) is 0 Å². The molecule has 0 amide bonds. The molecule has 7 heteroatoms. The topological polar surface area (TPSA) is 0 Å². The lowest BCUT2D eigenvalue weighted by Crippen LogP contribution is -2.37. The maximum atomic E-state index is 13.4. The lowest BCUT2D eigenvalue weighted by molar-refractivity contribution is -0.143. The van der Waals surface area contributed by atoms with E-state index >= 15 is 0 Å². The molecule has 40 heavy (non-hydrogen) atoms. The molecular formula is C33H26F6Si. The fourth-order valence-electron chi connectivity index (χ4n) is 4.75. The monoisotopic (exact) mass is 564 g/mol. The van der Waals surface area contributed by atoms with Crippen molar-refractivity contribution in [2.24, 2.45) is 0 Å². The largest absolute Gasteiger partial charge is 0.416 e. The van der Waals surface area contributed by atoms with Gasteiger partial charge in [-0.1, -0.05) is 97.6 Å². The summed E-state index contributed by atoms with van der Waals surface area (Å²) in [7, 11) is -1.38. The lowest BCUT2D eigenvalue weighted by Gasteiger charge is -2.17. The zero-order valence-corrected chi connectivity index (χ0v) is 23.1. The van der Waals surface area contributed by atoms with Crippen molar-refractivity contribution in [1.82, 2.24) is 0 Å². The molecule has 0 aromatic heterocycles. The summed E-state index contributed by atoms with van der Waals surface area (Å²) in [6, 6.07) is 29.0. The first-order chi connectivity index (χ1) is 18.7. The molecule has 5 rings (SSSR count). The first-order valence-electron chi connectivity index (χ1n) is 12.7. The van der Waals surface area contributed by atoms with Gasteiger partial charge in [-0.2, -0.15) is 26.3 Å². The van der Waals surface area contributed by atoms with Gasteiger partial charge in [-0.3, -0.25) is 0 Å². The molecule has 0 bridgehead atoms. The Hall–Kier alpha value is -3.84. The van der Waals surface area contributed by atoms with Gasteiger partial charge in [0.15, 0.2) is 0 Å². The van der Waals surface area contributed by atoms with E-state index in [1.165, 1.54) is 5.19 Å². The van der Waals surface area contributed by atoms with E-state index in [0.717, 1.165) is 39.8 Å². The molecule has 0 nitrogen and oxygen atoms in total. The maximum absolute atomic E-state index is 13.4. The molecule has 0 heterocycles. The molecule has 0 unspecified atom stereocenters. The van der Waals surface area contributed by atoms with Gasteiger partial charge < -0.3 is 0 Å². The minimum atomic E-state index is -4.90. The Balaban J connectivity index is 1.49. The van der Waals surface area contributed by atoms with E-state index in [2.05, 4.69) is 43.9 Å². The number of benzene rings is 5. The third-order valence-electron chi connectivity index (χ3n) is 7.06. The SMILES string of the molecule is C[Si](C)(C)c1ccc(-c2ccc(-c3ccc4ccc(-c5cc(C(F)(F)F)cc(C(F)(F)F)c5)cc4c3)cc2)cc1. The minimum Gasteiger partial charge on any atom is -0.166 e. The first-order valence-corrected chi connectivity index (χ1v) is 16.2. The van der Waals surface area contributed by atoms with Crippen LogP contribution in [0.5, 0.6) is 0 Å². The lowest BCUT2D eigenvalue weighted by atomic mass is 9.95. The molecule has 0 aliphatic carbocycles. The molecule has 0 N–H and O–H groups in total. The summed E-state index contributed by atoms with van der Waals surface area (Å²) < 4.78 is 80.3. The molecule has 0 atom stereocenters. The van der Waals surface area contributed by atoms with E-state index in [4.69, 9.17) is 0 Å². The normalized spacial score (nSPS) is 12.6. The van der Waals surface area contributed by atoms with E-state index < -0.39 is 31.6 Å². The number of hydrogen-bond donors (Lipinski definition) is 0. The highest BCUT2D eigenvalue weighted by Gasteiger charge is 2.37. The van der Waals surface area contributed by atoms with Crippen LogP contribution in [-0.4, -0.2) is 8.07 Å². The predicted molar refractivity (Wildman–Crippen MR) is 153 cm³/mol. The van der Waals surface area contributed by atoms with Gasteiger partial charge in [0, 0.05) is 0 Å². The zero-order chi connectivity index (χ0) is 28.9. The molecule has 204 valence electrons. The van der Waals surface area contributed by atoms with Crippen LogP contribution in [0, 0.1) is 0 Å². The fraction of sp³-hybridized carbons (Fsp3) is 0.152. The van der Waals surface area contributed by atoms with E-state index in [-0.39, 0.29) is 17.2 Å². The van der Waals surface area contributed by atoms with Crippen LogP contribution in [-0.2, 0) is 12.4 Å². The quantitative estimate of drug-likeness (QED) is 0.150. The molecule has 0 aliphatic rings. The number of alkyl halides is 6. The van der Waals surface area contributed by atoms with Crippen molar-refractivity contribution in [2.75, 3.05) is 0 Å². The Kier molecular flexibility index (Phi) is 6.90. The Bertz CT molecular complexity index is 1640. The van der Waals surface area contributed by atoms with Crippen molar-refractivity contribution in [2.45, 2.75) is 32.0 Å². The number of rotatable bonds is 4. The van der Waals surface area contributed by atoms with Crippen molar-refractivity contribution >= 4 is 24.0 Å². The van der Waals surface area contributed by atoms with Crippen LogP contribution in [0.4, 0.5) is 26.3 Å². The van der Waals surface area contributed by atoms with Crippen molar-refractivity contribution in [1.29, 1.82) is 0 Å². The molecule has 0 radical (unpaired) electrons. The second kappa shape index (κ2) is 9.97. The first kappa shape index (κ1) is 27.7. The van der Waals surface area contributed by atoms with Crippen molar-refractivity contribution in [3.05, 3.63) is 114 Å². The van der Waals surface area contributed by atoms with Crippen LogP contribution >= 0.6 is 0 Å². The van der Waals surface area contributed by atoms with Gasteiger partial charge in [0.25, 0.3) is 0 Å². The van der Waals surface area contributed by atoms with Gasteiger partial charge in [0.1, 0.15) is 0 Å². The van der Waals surface area contributed by atoms with E-state index in [1.54, 1.807) is 18.2 Å². The summed E-state index contributed by atoms with van der Waals surface area (Å²) in [6.07, 6.45) is -9.80. The highest BCUT2D eigenvalue weighted by Crippen LogP contribution is 2.39. The summed E-state index contributed by atoms with van der Waals surface area (Å²) in [5.74, 6) is 0. The van der Waals surface area contributed by atoms with Crippen molar-refractivity contribution < 1.29 is 26.3 Å². The average molecular weight is 565 g/mol. The smallest absolute Gasteiger partial charge is 0.166 e. The van der Waals surface area contributed by atoms with Gasteiger partial charge in [-0.05, 0) is 74.5 Å². The number of fused-ring (bicyclic) bond motifs is 1. The number of halogens is 6. The number of hydrogen-bond acceptors (Lipinski definition) is 0. The third kappa shape index (κ3) is 5.84. The molecule has 0 fully saturated rings. The van der Waals surface area contributed by atoms with Gasteiger partial charge in [-0.15, -0.1) is 0 Å². The van der Waals surface area contributed by atoms with E-state index in [9.17, 15) is 26.3 Å².